The molecule has 0 aliphatic carbocycles. The highest BCUT2D eigenvalue weighted by molar-refractivity contribution is 7.99. The first-order chi connectivity index (χ1) is 11.6. The maximum absolute atomic E-state index is 12.4. The van der Waals surface area contributed by atoms with Crippen LogP contribution < -0.4 is 10.9 Å². The molecule has 1 saturated heterocycles. The predicted octanol–water partition coefficient (Wildman–Crippen LogP) is 3.03. The number of hydrogen-bond acceptors (Lipinski definition) is 3. The van der Waals surface area contributed by atoms with Gasteiger partial charge in [-0.05, 0) is 36.6 Å². The van der Waals surface area contributed by atoms with E-state index in [-0.39, 0.29) is 11.6 Å². The number of amides is 2. The number of carbonyl (C=O) groups excluding carboxylic acids is 1. The number of urea groups is 1. The van der Waals surface area contributed by atoms with Crippen molar-refractivity contribution in [1.29, 1.82) is 0 Å². The monoisotopic (exact) mass is 343 g/mol. The molecule has 1 aromatic heterocycles. The van der Waals surface area contributed by atoms with Crippen molar-refractivity contribution < 1.29 is 4.79 Å². The molecule has 24 heavy (non-hydrogen) atoms. The number of carbonyl (C=O) groups is 1. The van der Waals surface area contributed by atoms with Gasteiger partial charge in [0.15, 0.2) is 0 Å². The van der Waals surface area contributed by atoms with E-state index in [0.29, 0.717) is 11.6 Å². The Labute approximate surface area is 145 Å². The van der Waals surface area contributed by atoms with Crippen LogP contribution in [0.2, 0.25) is 0 Å². The fourth-order valence-electron chi connectivity index (χ4n) is 2.77. The highest BCUT2D eigenvalue weighted by atomic mass is 32.2. The molecule has 2 amide bonds. The summed E-state index contributed by atoms with van der Waals surface area (Å²) in [5, 5.41) is 2.73. The smallest absolute Gasteiger partial charge is 0.322 e. The number of likely N-dealkylation sites (tertiary alicyclic amines) is 1. The van der Waals surface area contributed by atoms with Crippen LogP contribution in [0.5, 0.6) is 0 Å². The van der Waals surface area contributed by atoms with E-state index in [9.17, 15) is 9.59 Å². The molecule has 2 heterocycles. The van der Waals surface area contributed by atoms with Crippen molar-refractivity contribution in [2.24, 2.45) is 13.0 Å². The summed E-state index contributed by atoms with van der Waals surface area (Å²) in [6, 6.07) is 13.5. The van der Waals surface area contributed by atoms with E-state index < -0.39 is 0 Å². The number of benzene rings is 1. The van der Waals surface area contributed by atoms with Crippen LogP contribution in [0.25, 0.3) is 0 Å². The molecule has 6 heteroatoms. The van der Waals surface area contributed by atoms with Crippen molar-refractivity contribution in [3.63, 3.8) is 0 Å². The first-order valence-electron chi connectivity index (χ1n) is 8.03. The Morgan fingerprint density at radius 2 is 2.04 bits per heavy atom. The van der Waals surface area contributed by atoms with Crippen LogP contribution in [0.15, 0.2) is 58.4 Å². The Hall–Kier alpha value is -2.21. The number of nitrogens with one attached hydrogen (secondary N) is 1. The lowest BCUT2D eigenvalue weighted by molar-refractivity contribution is 0.221. The molecule has 0 radical (unpaired) electrons. The highest BCUT2D eigenvalue weighted by Gasteiger charge is 2.26. The summed E-state index contributed by atoms with van der Waals surface area (Å²) in [6.07, 6.45) is 2.67. The second-order valence-corrected chi connectivity index (χ2v) is 7.09. The Balaban J connectivity index is 1.52. The van der Waals surface area contributed by atoms with Crippen molar-refractivity contribution in [1.82, 2.24) is 9.47 Å². The van der Waals surface area contributed by atoms with Crippen molar-refractivity contribution in [2.45, 2.75) is 11.3 Å². The van der Waals surface area contributed by atoms with Crippen LogP contribution in [0.3, 0.4) is 0 Å². The van der Waals surface area contributed by atoms with Crippen molar-refractivity contribution >= 4 is 23.5 Å². The molecule has 5 nitrogen and oxygen atoms in total. The molecule has 3 rings (SSSR count). The van der Waals surface area contributed by atoms with E-state index in [1.54, 1.807) is 30.3 Å². The average molecular weight is 343 g/mol. The molecular formula is C18H21N3O2S. The third-order valence-corrected chi connectivity index (χ3v) is 5.41. The van der Waals surface area contributed by atoms with Gasteiger partial charge < -0.3 is 14.8 Å². The lowest BCUT2D eigenvalue weighted by atomic mass is 10.2. The first kappa shape index (κ1) is 16.6. The molecule has 1 aromatic carbocycles. The largest absolute Gasteiger partial charge is 0.324 e. The Bertz CT molecular complexity index is 760. The van der Waals surface area contributed by atoms with Crippen LogP contribution in [-0.4, -0.2) is 34.3 Å². The zero-order valence-electron chi connectivity index (χ0n) is 13.6. The Morgan fingerprint density at radius 1 is 1.25 bits per heavy atom. The minimum absolute atomic E-state index is 0.189. The molecule has 1 atom stereocenters. The van der Waals surface area contributed by atoms with E-state index in [2.05, 4.69) is 17.4 Å². The Kier molecular flexibility index (Phi) is 5.25. The summed E-state index contributed by atoms with van der Waals surface area (Å²) in [5.41, 5.74) is 0.133. The lowest BCUT2D eigenvalue weighted by Gasteiger charge is -2.17. The van der Waals surface area contributed by atoms with E-state index in [1.807, 2.05) is 30.0 Å². The molecule has 2 aromatic rings. The molecule has 1 N–H and O–H groups in total. The number of aromatic nitrogens is 1. The predicted molar refractivity (Wildman–Crippen MR) is 97.5 cm³/mol. The van der Waals surface area contributed by atoms with E-state index >= 15 is 0 Å². The maximum atomic E-state index is 12.4. The normalized spacial score (nSPS) is 17.0. The van der Waals surface area contributed by atoms with E-state index in [1.165, 1.54) is 9.46 Å². The minimum Gasteiger partial charge on any atom is -0.324 e. The van der Waals surface area contributed by atoms with Crippen LogP contribution in [0.4, 0.5) is 10.5 Å². The molecule has 0 saturated carbocycles. The molecule has 1 fully saturated rings. The third-order valence-electron chi connectivity index (χ3n) is 4.17. The van der Waals surface area contributed by atoms with Gasteiger partial charge in [-0.25, -0.2) is 4.79 Å². The second kappa shape index (κ2) is 7.57. The number of anilines is 1. The van der Waals surface area contributed by atoms with Crippen molar-refractivity contribution in [2.75, 3.05) is 24.2 Å². The van der Waals surface area contributed by atoms with E-state index in [4.69, 9.17) is 0 Å². The zero-order chi connectivity index (χ0) is 16.9. The quantitative estimate of drug-likeness (QED) is 0.868. The van der Waals surface area contributed by atoms with Gasteiger partial charge in [0, 0.05) is 37.0 Å². The number of rotatable bonds is 4. The van der Waals surface area contributed by atoms with Gasteiger partial charge in [-0.2, -0.15) is 0 Å². The van der Waals surface area contributed by atoms with Crippen LogP contribution in [-0.2, 0) is 7.05 Å². The second-order valence-electron chi connectivity index (χ2n) is 5.99. The zero-order valence-corrected chi connectivity index (χ0v) is 14.5. The average Bonchev–Trinajstić information content (AvgIpc) is 3.07. The molecular weight excluding hydrogens is 322 g/mol. The number of pyridine rings is 1. The molecule has 0 bridgehead atoms. The van der Waals surface area contributed by atoms with E-state index in [0.717, 1.165) is 25.3 Å². The van der Waals surface area contributed by atoms with Gasteiger partial charge >= 0.3 is 6.03 Å². The van der Waals surface area contributed by atoms with Gasteiger partial charge in [0.05, 0.1) is 0 Å². The number of nitrogens with zero attached hydrogens (tertiary/aromatic N) is 2. The molecule has 126 valence electrons. The molecule has 1 aliphatic heterocycles. The lowest BCUT2D eigenvalue weighted by Crippen LogP contribution is -2.35. The molecule has 1 aliphatic rings. The van der Waals surface area contributed by atoms with Gasteiger partial charge in [0.1, 0.15) is 5.69 Å². The van der Waals surface area contributed by atoms with Crippen LogP contribution in [0, 0.1) is 5.92 Å². The maximum Gasteiger partial charge on any atom is 0.322 e. The minimum atomic E-state index is -0.193. The summed E-state index contributed by atoms with van der Waals surface area (Å²) in [5.74, 6) is 1.49. The summed E-state index contributed by atoms with van der Waals surface area (Å²) in [6.45, 7) is 1.47. The summed E-state index contributed by atoms with van der Waals surface area (Å²) in [4.78, 5) is 27.4. The Morgan fingerprint density at radius 3 is 2.83 bits per heavy atom. The summed E-state index contributed by atoms with van der Waals surface area (Å²) in [7, 11) is 1.67. The van der Waals surface area contributed by atoms with Gasteiger partial charge in [-0.15, -0.1) is 11.8 Å². The standard InChI is InChI=1S/C18H21N3O2S/c1-20-10-5-8-16(17(20)22)19-18(23)21-11-9-14(12-21)13-24-15-6-3-2-4-7-15/h2-8,10,14H,9,11-13H2,1H3,(H,19,23)/t14-/m0/s1. The number of hydrogen-bond donors (Lipinski definition) is 1. The van der Waals surface area contributed by atoms with Gasteiger partial charge in [-0.1, -0.05) is 18.2 Å². The SMILES string of the molecule is Cn1cccc(NC(=O)N2CC[C@H](CSc3ccccc3)C2)c1=O. The van der Waals surface area contributed by atoms with Crippen molar-refractivity contribution in [3.8, 4) is 0 Å². The molecule has 0 unspecified atom stereocenters. The first-order valence-corrected chi connectivity index (χ1v) is 9.01. The topological polar surface area (TPSA) is 54.3 Å². The van der Waals surface area contributed by atoms with Crippen molar-refractivity contribution in [3.05, 3.63) is 59.0 Å². The van der Waals surface area contributed by atoms with Gasteiger partial charge in [-0.3, -0.25) is 4.79 Å². The number of thioether (sulfide) groups is 1. The molecule has 0 spiro atoms. The summed E-state index contributed by atoms with van der Waals surface area (Å²) < 4.78 is 1.46. The third kappa shape index (κ3) is 4.00. The fraction of sp³-hybridized carbons (Fsp3) is 0.333. The number of aryl methyl sites for hydroxylation is 1. The van der Waals surface area contributed by atoms with Crippen LogP contribution >= 0.6 is 11.8 Å². The highest BCUT2D eigenvalue weighted by Crippen LogP contribution is 2.26. The van der Waals surface area contributed by atoms with Gasteiger partial charge in [0.2, 0.25) is 0 Å². The summed E-state index contributed by atoms with van der Waals surface area (Å²) >= 11 is 1.83. The van der Waals surface area contributed by atoms with Gasteiger partial charge in [0.25, 0.3) is 5.56 Å². The van der Waals surface area contributed by atoms with Crippen LogP contribution in [0.1, 0.15) is 6.42 Å². The fourth-order valence-corrected chi connectivity index (χ4v) is 3.82.